The van der Waals surface area contributed by atoms with Gasteiger partial charge in [0.05, 0.1) is 11.1 Å². The molecular weight excluding hydrogens is 311 g/mol. The minimum Gasteiger partial charge on any atom is -0.339 e. The largest absolute Gasteiger partial charge is 0.417 e. The summed E-state index contributed by atoms with van der Waals surface area (Å²) in [6, 6.07) is 3.52. The smallest absolute Gasteiger partial charge is 0.339 e. The molecule has 1 aromatic rings. The molecule has 0 heterocycles. The summed E-state index contributed by atoms with van der Waals surface area (Å²) in [5.41, 5.74) is -1.19. The number of rotatable bonds is 2. The Morgan fingerprint density at radius 3 is 2.50 bits per heavy atom. The summed E-state index contributed by atoms with van der Waals surface area (Å²) >= 11 is 3.10. The summed E-state index contributed by atoms with van der Waals surface area (Å²) in [5.74, 6) is -0.578. The van der Waals surface area contributed by atoms with E-state index in [1.54, 1.807) is 7.05 Å². The van der Waals surface area contributed by atoms with Crippen molar-refractivity contribution >= 4 is 21.8 Å². The van der Waals surface area contributed by atoms with Crippen molar-refractivity contribution in [3.05, 3.63) is 33.8 Å². The quantitative estimate of drug-likeness (QED) is 0.813. The number of carbonyl (C=O) groups is 1. The maximum atomic E-state index is 12.8. The molecule has 6 heteroatoms. The minimum absolute atomic E-state index is 0.0811. The molecule has 0 spiro atoms. The van der Waals surface area contributed by atoms with Gasteiger partial charge in [-0.1, -0.05) is 15.9 Å². The predicted octanol–water partition coefficient (Wildman–Crippen LogP) is 3.70. The van der Waals surface area contributed by atoms with Crippen molar-refractivity contribution in [1.82, 2.24) is 4.90 Å². The fourth-order valence-corrected chi connectivity index (χ4v) is 2.12. The lowest BCUT2D eigenvalue weighted by Gasteiger charge is -2.19. The molecule has 0 atom stereocenters. The number of hydrogen-bond acceptors (Lipinski definition) is 1. The van der Waals surface area contributed by atoms with Crippen molar-refractivity contribution in [2.45, 2.75) is 25.1 Å². The first-order chi connectivity index (χ1) is 8.30. The molecule has 0 saturated heterocycles. The third kappa shape index (κ3) is 2.68. The summed E-state index contributed by atoms with van der Waals surface area (Å²) in [5, 5.41) is 0. The van der Waals surface area contributed by atoms with Gasteiger partial charge in [-0.2, -0.15) is 13.2 Å². The van der Waals surface area contributed by atoms with Gasteiger partial charge in [-0.15, -0.1) is 0 Å². The zero-order valence-electron chi connectivity index (χ0n) is 9.59. The molecule has 1 amide bonds. The Bertz CT molecular complexity index is 483. The molecule has 1 aliphatic rings. The van der Waals surface area contributed by atoms with Gasteiger partial charge >= 0.3 is 6.18 Å². The molecule has 0 N–H and O–H groups in total. The molecule has 1 aromatic carbocycles. The Morgan fingerprint density at radius 2 is 2.00 bits per heavy atom. The van der Waals surface area contributed by atoms with Gasteiger partial charge in [0.2, 0.25) is 0 Å². The molecule has 18 heavy (non-hydrogen) atoms. The molecule has 0 aliphatic heterocycles. The van der Waals surface area contributed by atoms with Crippen LogP contribution in [-0.4, -0.2) is 23.9 Å². The SMILES string of the molecule is CN(C(=O)c1cc(Br)ccc1C(F)(F)F)C1CC1. The molecule has 0 unspecified atom stereocenters. The Kier molecular flexibility index (Phi) is 3.40. The van der Waals surface area contributed by atoms with Crippen LogP contribution in [0.5, 0.6) is 0 Å². The first-order valence-electron chi connectivity index (χ1n) is 5.44. The molecule has 0 radical (unpaired) electrons. The highest BCUT2D eigenvalue weighted by molar-refractivity contribution is 9.10. The number of carbonyl (C=O) groups excluding carboxylic acids is 1. The Labute approximate surface area is 111 Å². The molecule has 0 aromatic heterocycles. The number of nitrogens with zero attached hydrogens (tertiary/aromatic N) is 1. The van der Waals surface area contributed by atoms with E-state index in [9.17, 15) is 18.0 Å². The molecule has 1 fully saturated rings. The Hall–Kier alpha value is -1.04. The molecule has 1 saturated carbocycles. The van der Waals surface area contributed by atoms with Crippen LogP contribution in [0.1, 0.15) is 28.8 Å². The van der Waals surface area contributed by atoms with Crippen LogP contribution in [0.15, 0.2) is 22.7 Å². The fourth-order valence-electron chi connectivity index (χ4n) is 1.76. The number of halogens is 4. The topological polar surface area (TPSA) is 20.3 Å². The highest BCUT2D eigenvalue weighted by Gasteiger charge is 2.38. The van der Waals surface area contributed by atoms with Crippen molar-refractivity contribution < 1.29 is 18.0 Å². The van der Waals surface area contributed by atoms with Crippen LogP contribution < -0.4 is 0 Å². The molecule has 2 rings (SSSR count). The predicted molar refractivity (Wildman–Crippen MR) is 64.3 cm³/mol. The van der Waals surface area contributed by atoms with Crippen LogP contribution in [0.25, 0.3) is 0 Å². The average Bonchev–Trinajstić information content (AvgIpc) is 3.09. The fraction of sp³-hybridized carbons (Fsp3) is 0.417. The molecule has 98 valence electrons. The van der Waals surface area contributed by atoms with E-state index in [1.165, 1.54) is 17.0 Å². The van der Waals surface area contributed by atoms with E-state index < -0.39 is 17.6 Å². The second-order valence-electron chi connectivity index (χ2n) is 4.33. The van der Waals surface area contributed by atoms with E-state index in [0.717, 1.165) is 18.9 Å². The van der Waals surface area contributed by atoms with Gasteiger partial charge < -0.3 is 4.90 Å². The molecule has 1 aliphatic carbocycles. The van der Waals surface area contributed by atoms with Crippen molar-refractivity contribution in [2.75, 3.05) is 7.05 Å². The van der Waals surface area contributed by atoms with E-state index in [4.69, 9.17) is 0 Å². The summed E-state index contributed by atoms with van der Waals surface area (Å²) in [7, 11) is 1.54. The lowest BCUT2D eigenvalue weighted by Crippen LogP contribution is -2.30. The third-order valence-corrected chi connectivity index (χ3v) is 3.43. The highest BCUT2D eigenvalue weighted by atomic mass is 79.9. The van der Waals surface area contributed by atoms with Crippen LogP contribution in [0.3, 0.4) is 0 Å². The van der Waals surface area contributed by atoms with Crippen LogP contribution in [-0.2, 0) is 6.18 Å². The summed E-state index contributed by atoms with van der Waals surface area (Å²) in [6.07, 6.45) is -2.80. The highest BCUT2D eigenvalue weighted by Crippen LogP contribution is 2.35. The monoisotopic (exact) mass is 321 g/mol. The van der Waals surface area contributed by atoms with Crippen molar-refractivity contribution in [3.63, 3.8) is 0 Å². The van der Waals surface area contributed by atoms with E-state index in [1.807, 2.05) is 0 Å². The maximum Gasteiger partial charge on any atom is 0.417 e. The van der Waals surface area contributed by atoms with Gasteiger partial charge in [-0.05, 0) is 31.0 Å². The lowest BCUT2D eigenvalue weighted by molar-refractivity contribution is -0.138. The molecular formula is C12H11BrF3NO. The lowest BCUT2D eigenvalue weighted by atomic mass is 10.1. The summed E-state index contributed by atoms with van der Waals surface area (Å²) < 4.78 is 39.0. The second-order valence-corrected chi connectivity index (χ2v) is 5.25. The van der Waals surface area contributed by atoms with Crippen molar-refractivity contribution in [1.29, 1.82) is 0 Å². The number of hydrogen-bond donors (Lipinski definition) is 0. The van der Waals surface area contributed by atoms with Gasteiger partial charge in [0.25, 0.3) is 5.91 Å². The third-order valence-electron chi connectivity index (χ3n) is 2.93. The van der Waals surface area contributed by atoms with E-state index in [0.29, 0.717) is 4.47 Å². The molecule has 2 nitrogen and oxygen atoms in total. The van der Waals surface area contributed by atoms with Crippen LogP contribution in [0, 0.1) is 0 Å². The van der Waals surface area contributed by atoms with E-state index in [2.05, 4.69) is 15.9 Å². The van der Waals surface area contributed by atoms with Gasteiger partial charge in [-0.3, -0.25) is 4.79 Å². The zero-order chi connectivity index (χ0) is 13.5. The van der Waals surface area contributed by atoms with Gasteiger partial charge in [0.15, 0.2) is 0 Å². The average molecular weight is 322 g/mol. The van der Waals surface area contributed by atoms with E-state index in [-0.39, 0.29) is 11.6 Å². The number of alkyl halides is 3. The summed E-state index contributed by atoms with van der Waals surface area (Å²) in [4.78, 5) is 13.4. The second kappa shape index (κ2) is 4.57. The Balaban J connectivity index is 2.41. The maximum absolute atomic E-state index is 12.8. The minimum atomic E-state index is -4.52. The Morgan fingerprint density at radius 1 is 1.39 bits per heavy atom. The van der Waals surface area contributed by atoms with Gasteiger partial charge in [0.1, 0.15) is 0 Å². The standard InChI is InChI=1S/C12H11BrF3NO/c1-17(8-3-4-8)11(18)9-6-7(13)2-5-10(9)12(14,15)16/h2,5-6,8H,3-4H2,1H3. The number of benzene rings is 1. The zero-order valence-corrected chi connectivity index (χ0v) is 11.2. The summed E-state index contributed by atoms with van der Waals surface area (Å²) in [6.45, 7) is 0. The normalized spacial score (nSPS) is 15.6. The van der Waals surface area contributed by atoms with Crippen molar-refractivity contribution in [2.24, 2.45) is 0 Å². The van der Waals surface area contributed by atoms with E-state index >= 15 is 0 Å². The van der Waals surface area contributed by atoms with Crippen LogP contribution in [0.4, 0.5) is 13.2 Å². The first-order valence-corrected chi connectivity index (χ1v) is 6.24. The van der Waals surface area contributed by atoms with Crippen LogP contribution >= 0.6 is 15.9 Å². The number of amides is 1. The van der Waals surface area contributed by atoms with Gasteiger partial charge in [-0.25, -0.2) is 0 Å². The van der Waals surface area contributed by atoms with Crippen LogP contribution in [0.2, 0.25) is 0 Å². The molecule has 0 bridgehead atoms. The van der Waals surface area contributed by atoms with Gasteiger partial charge in [0, 0.05) is 17.6 Å². The first kappa shape index (κ1) is 13.4. The van der Waals surface area contributed by atoms with Crippen molar-refractivity contribution in [3.8, 4) is 0 Å².